The lowest BCUT2D eigenvalue weighted by atomic mass is 10.0. The molecular formula is C42H30N4. The summed E-state index contributed by atoms with van der Waals surface area (Å²) in [6.07, 6.45) is 3.81. The molecule has 4 heterocycles. The summed E-state index contributed by atoms with van der Waals surface area (Å²) in [7, 11) is 4.34. The highest BCUT2D eigenvalue weighted by molar-refractivity contribution is 6.18. The summed E-state index contributed by atoms with van der Waals surface area (Å²) in [5.41, 5.74) is 13.8. The Morgan fingerprint density at radius 1 is 0.348 bits per heavy atom. The number of rotatable bonds is 4. The van der Waals surface area contributed by atoms with E-state index in [1.54, 1.807) is 0 Å². The molecule has 0 fully saturated rings. The minimum atomic E-state index is 0.976. The van der Waals surface area contributed by atoms with E-state index in [9.17, 15) is 0 Å². The Morgan fingerprint density at radius 2 is 0.761 bits per heavy atom. The fourth-order valence-electron chi connectivity index (χ4n) is 7.01. The minimum Gasteiger partial charge on any atom is -0.344 e. The molecule has 0 atom stereocenters. The van der Waals surface area contributed by atoms with Crippen LogP contribution in [0, 0.1) is 0 Å². The van der Waals surface area contributed by atoms with Crippen molar-refractivity contribution in [3.63, 3.8) is 0 Å². The van der Waals surface area contributed by atoms with Crippen LogP contribution >= 0.6 is 0 Å². The zero-order valence-corrected chi connectivity index (χ0v) is 25.6. The first-order valence-corrected chi connectivity index (χ1v) is 15.6. The first kappa shape index (κ1) is 26.4. The molecule has 4 aromatic heterocycles. The number of hydrogen-bond donors (Lipinski definition) is 0. The second-order valence-electron chi connectivity index (χ2n) is 12.1. The molecule has 4 heteroatoms. The van der Waals surface area contributed by atoms with E-state index in [-0.39, 0.29) is 0 Å². The van der Waals surface area contributed by atoms with Gasteiger partial charge in [-0.3, -0.25) is 9.97 Å². The van der Waals surface area contributed by atoms with E-state index in [2.05, 4.69) is 145 Å². The van der Waals surface area contributed by atoms with Crippen LogP contribution < -0.4 is 0 Å². The standard InChI is InChI=1S/C42H30N4/c1-45-39-23-31(37-21-29(17-19-43-37)27-9-5-3-6-10-27)13-15-33(39)35-26-42-36(25-41(35)45)34-16-14-32(24-40(34)46(42)2)38-22-30(18-20-44-38)28-11-7-4-8-12-28/h3-26H,1-2H3. The predicted octanol–water partition coefficient (Wildman–Crippen LogP) is 10.4. The van der Waals surface area contributed by atoms with Gasteiger partial charge in [0.15, 0.2) is 0 Å². The summed E-state index contributed by atoms with van der Waals surface area (Å²) >= 11 is 0. The highest BCUT2D eigenvalue weighted by Gasteiger charge is 2.16. The molecule has 0 aliphatic heterocycles. The molecule has 0 aliphatic carbocycles. The van der Waals surface area contributed by atoms with Crippen LogP contribution in [0.3, 0.4) is 0 Å². The lowest BCUT2D eigenvalue weighted by Gasteiger charge is -2.06. The van der Waals surface area contributed by atoms with E-state index >= 15 is 0 Å². The number of aryl methyl sites for hydroxylation is 2. The Morgan fingerprint density at radius 3 is 1.20 bits per heavy atom. The van der Waals surface area contributed by atoms with Gasteiger partial charge in [-0.15, -0.1) is 0 Å². The largest absolute Gasteiger partial charge is 0.344 e. The van der Waals surface area contributed by atoms with Crippen LogP contribution in [0.25, 0.3) is 88.4 Å². The van der Waals surface area contributed by atoms with E-state index in [0.29, 0.717) is 0 Å². The highest BCUT2D eigenvalue weighted by Crippen LogP contribution is 2.38. The smallest absolute Gasteiger partial charge is 0.0708 e. The maximum Gasteiger partial charge on any atom is 0.0708 e. The van der Waals surface area contributed by atoms with Crippen molar-refractivity contribution in [3.8, 4) is 44.8 Å². The van der Waals surface area contributed by atoms with Gasteiger partial charge in [0.25, 0.3) is 0 Å². The predicted molar refractivity (Wildman–Crippen MR) is 192 cm³/mol. The van der Waals surface area contributed by atoms with Gasteiger partial charge in [-0.2, -0.15) is 0 Å². The molecule has 0 unspecified atom stereocenters. The molecular weight excluding hydrogens is 560 g/mol. The average molecular weight is 591 g/mol. The zero-order chi connectivity index (χ0) is 30.8. The molecule has 46 heavy (non-hydrogen) atoms. The van der Waals surface area contributed by atoms with Gasteiger partial charge in [0.05, 0.1) is 11.4 Å². The maximum atomic E-state index is 4.74. The fourth-order valence-corrected chi connectivity index (χ4v) is 7.01. The summed E-state index contributed by atoms with van der Waals surface area (Å²) in [6, 6.07) is 47.6. The topological polar surface area (TPSA) is 35.6 Å². The Labute approximate surface area is 266 Å². The van der Waals surface area contributed by atoms with Gasteiger partial charge >= 0.3 is 0 Å². The van der Waals surface area contributed by atoms with Crippen molar-refractivity contribution in [1.29, 1.82) is 0 Å². The zero-order valence-electron chi connectivity index (χ0n) is 25.6. The minimum absolute atomic E-state index is 0.976. The van der Waals surface area contributed by atoms with E-state index in [0.717, 1.165) is 22.5 Å². The van der Waals surface area contributed by atoms with Crippen molar-refractivity contribution in [2.75, 3.05) is 0 Å². The monoisotopic (exact) mass is 590 g/mol. The van der Waals surface area contributed by atoms with Crippen LogP contribution in [-0.4, -0.2) is 19.1 Å². The van der Waals surface area contributed by atoms with Crippen LogP contribution in [-0.2, 0) is 14.1 Å². The quantitative estimate of drug-likeness (QED) is 0.204. The summed E-state index contributed by atoms with van der Waals surface area (Å²) in [5.74, 6) is 0. The van der Waals surface area contributed by atoms with Crippen molar-refractivity contribution in [3.05, 3.63) is 146 Å². The summed E-state index contributed by atoms with van der Waals surface area (Å²) in [4.78, 5) is 9.48. The number of pyridine rings is 2. The molecule has 0 amide bonds. The van der Waals surface area contributed by atoms with E-state index < -0.39 is 0 Å². The molecule has 0 radical (unpaired) electrons. The molecule has 0 saturated carbocycles. The lowest BCUT2D eigenvalue weighted by molar-refractivity contribution is 1.01. The normalized spacial score (nSPS) is 11.7. The Bertz CT molecular complexity index is 2410. The van der Waals surface area contributed by atoms with Crippen LogP contribution in [0.15, 0.2) is 146 Å². The van der Waals surface area contributed by atoms with Gasteiger partial charge in [0, 0.05) is 81.2 Å². The first-order chi connectivity index (χ1) is 22.6. The van der Waals surface area contributed by atoms with Gasteiger partial charge < -0.3 is 9.13 Å². The van der Waals surface area contributed by atoms with Crippen molar-refractivity contribution < 1.29 is 0 Å². The number of benzene rings is 5. The van der Waals surface area contributed by atoms with Crippen molar-refractivity contribution >= 4 is 43.6 Å². The fraction of sp³-hybridized carbons (Fsp3) is 0.0476. The molecule has 0 spiro atoms. The highest BCUT2D eigenvalue weighted by atomic mass is 15.0. The van der Waals surface area contributed by atoms with E-state index in [1.165, 1.54) is 65.9 Å². The molecule has 9 rings (SSSR count). The molecule has 0 aliphatic rings. The molecule has 0 saturated heterocycles. The van der Waals surface area contributed by atoms with E-state index in [1.807, 2.05) is 24.5 Å². The average Bonchev–Trinajstić information content (AvgIpc) is 3.56. The third-order valence-electron chi connectivity index (χ3n) is 9.46. The van der Waals surface area contributed by atoms with Gasteiger partial charge in [-0.05, 0) is 70.8 Å². The summed E-state index contributed by atoms with van der Waals surface area (Å²) < 4.78 is 4.64. The molecule has 218 valence electrons. The van der Waals surface area contributed by atoms with Crippen molar-refractivity contribution in [2.45, 2.75) is 0 Å². The van der Waals surface area contributed by atoms with Crippen LogP contribution in [0.1, 0.15) is 0 Å². The Kier molecular flexibility index (Phi) is 5.90. The second kappa shape index (κ2) is 10.3. The molecule has 5 aromatic carbocycles. The van der Waals surface area contributed by atoms with Crippen LogP contribution in [0.4, 0.5) is 0 Å². The van der Waals surface area contributed by atoms with Crippen LogP contribution in [0.2, 0.25) is 0 Å². The molecule has 4 nitrogen and oxygen atoms in total. The van der Waals surface area contributed by atoms with Crippen molar-refractivity contribution in [2.24, 2.45) is 14.1 Å². The van der Waals surface area contributed by atoms with Crippen LogP contribution in [0.5, 0.6) is 0 Å². The van der Waals surface area contributed by atoms with E-state index in [4.69, 9.17) is 9.97 Å². The summed E-state index contributed by atoms with van der Waals surface area (Å²) in [6.45, 7) is 0. The lowest BCUT2D eigenvalue weighted by Crippen LogP contribution is -1.89. The number of fused-ring (bicyclic) bond motifs is 6. The van der Waals surface area contributed by atoms with Gasteiger partial charge in [0.1, 0.15) is 0 Å². The Hall–Kier alpha value is -6.00. The molecule has 9 aromatic rings. The third-order valence-corrected chi connectivity index (χ3v) is 9.46. The SMILES string of the molecule is Cn1c2cc(-c3cc(-c4ccccc4)ccn3)ccc2c2cc3c(cc21)c1ccc(-c2cc(-c4ccccc4)ccn2)cc1n3C. The maximum absolute atomic E-state index is 4.74. The van der Waals surface area contributed by atoms with Gasteiger partial charge in [0.2, 0.25) is 0 Å². The number of hydrogen-bond acceptors (Lipinski definition) is 2. The first-order valence-electron chi connectivity index (χ1n) is 15.6. The van der Waals surface area contributed by atoms with Gasteiger partial charge in [-0.1, -0.05) is 84.9 Å². The third kappa shape index (κ3) is 4.15. The van der Waals surface area contributed by atoms with Crippen molar-refractivity contribution in [1.82, 2.24) is 19.1 Å². The van der Waals surface area contributed by atoms with Gasteiger partial charge in [-0.25, -0.2) is 0 Å². The summed E-state index contributed by atoms with van der Waals surface area (Å²) in [5, 5.41) is 5.00. The second-order valence-corrected chi connectivity index (χ2v) is 12.1. The molecule has 0 bridgehead atoms. The molecule has 0 N–H and O–H groups in total. The Balaban J connectivity index is 1.15. The number of aromatic nitrogens is 4. The number of nitrogens with zero attached hydrogens (tertiary/aromatic N) is 4.